The second kappa shape index (κ2) is 9.25. The van der Waals surface area contributed by atoms with Gasteiger partial charge in [-0.2, -0.15) is 13.2 Å². The van der Waals surface area contributed by atoms with Gasteiger partial charge in [0.2, 0.25) is 0 Å². The third-order valence-electron chi connectivity index (χ3n) is 6.66. The molecule has 1 saturated carbocycles. The van der Waals surface area contributed by atoms with Gasteiger partial charge in [-0.3, -0.25) is 9.88 Å². The molecule has 2 aliphatic rings. The monoisotopic (exact) mass is 455 g/mol. The summed E-state index contributed by atoms with van der Waals surface area (Å²) in [6.07, 6.45) is 5.62. The van der Waals surface area contributed by atoms with E-state index in [1.807, 2.05) is 18.5 Å². The summed E-state index contributed by atoms with van der Waals surface area (Å²) in [6.45, 7) is 4.85. The molecule has 0 unspecified atom stereocenters. The Hall–Kier alpha value is -2.74. The van der Waals surface area contributed by atoms with Gasteiger partial charge in [0.1, 0.15) is 11.5 Å². The number of nitrogens with zero attached hydrogens (tertiary/aromatic N) is 5. The highest BCUT2D eigenvalue weighted by Crippen LogP contribution is 2.34. The molecule has 1 aliphatic carbocycles. The van der Waals surface area contributed by atoms with Gasteiger partial charge in [0, 0.05) is 56.7 Å². The molecule has 3 aromatic rings. The van der Waals surface area contributed by atoms with Crippen LogP contribution in [0.4, 0.5) is 19.0 Å². The number of aromatic nitrogens is 3. The lowest BCUT2D eigenvalue weighted by molar-refractivity contribution is -0.140. The van der Waals surface area contributed by atoms with Crippen molar-refractivity contribution >= 4 is 16.7 Å². The van der Waals surface area contributed by atoms with Crippen molar-refractivity contribution in [3.05, 3.63) is 60.2 Å². The molecule has 33 heavy (non-hydrogen) atoms. The van der Waals surface area contributed by atoms with E-state index in [2.05, 4.69) is 30.8 Å². The topological polar surface area (TPSA) is 45.2 Å². The van der Waals surface area contributed by atoms with E-state index in [4.69, 9.17) is 0 Å². The summed E-state index contributed by atoms with van der Waals surface area (Å²) in [5.74, 6) is 2.16. The van der Waals surface area contributed by atoms with Crippen molar-refractivity contribution < 1.29 is 13.2 Å². The SMILES string of the molecule is FC(F)(F)c1ccc2c(N3CCC(CN(Cc4cccnc4)CC4CC4)CC3)nccc2n1. The lowest BCUT2D eigenvalue weighted by Crippen LogP contribution is -2.39. The molecule has 0 N–H and O–H groups in total. The zero-order chi connectivity index (χ0) is 22.8. The fourth-order valence-electron chi connectivity index (χ4n) is 4.76. The van der Waals surface area contributed by atoms with Gasteiger partial charge in [-0.15, -0.1) is 0 Å². The molecule has 0 bridgehead atoms. The summed E-state index contributed by atoms with van der Waals surface area (Å²) in [7, 11) is 0. The maximum Gasteiger partial charge on any atom is 0.433 e. The van der Waals surface area contributed by atoms with Crippen molar-refractivity contribution in [1.82, 2.24) is 19.9 Å². The first-order valence-corrected chi connectivity index (χ1v) is 11.6. The zero-order valence-corrected chi connectivity index (χ0v) is 18.5. The second-order valence-electron chi connectivity index (χ2n) is 9.32. The van der Waals surface area contributed by atoms with E-state index < -0.39 is 11.9 Å². The van der Waals surface area contributed by atoms with Crippen LogP contribution in [0.25, 0.3) is 10.9 Å². The molecule has 0 radical (unpaired) electrons. The normalized spacial score (nSPS) is 17.8. The van der Waals surface area contributed by atoms with Crippen molar-refractivity contribution in [1.29, 1.82) is 0 Å². The smallest absolute Gasteiger partial charge is 0.356 e. The van der Waals surface area contributed by atoms with Crippen LogP contribution in [-0.2, 0) is 12.7 Å². The maximum atomic E-state index is 13.0. The second-order valence-corrected chi connectivity index (χ2v) is 9.32. The van der Waals surface area contributed by atoms with Gasteiger partial charge in [0.05, 0.1) is 5.52 Å². The lowest BCUT2D eigenvalue weighted by atomic mass is 9.95. The standard InChI is InChI=1S/C25H28F3N5/c26-25(27,28)23-6-5-21-22(31-23)7-11-30-24(21)33-12-8-19(9-13-33)16-32(15-18-3-4-18)17-20-2-1-10-29-14-20/h1-2,5-7,10-11,14,18-19H,3-4,8-9,12-13,15-17H2. The number of fused-ring (bicyclic) bond motifs is 1. The number of piperidine rings is 1. The third kappa shape index (κ3) is 5.43. The lowest BCUT2D eigenvalue weighted by Gasteiger charge is -2.36. The predicted octanol–water partition coefficient (Wildman–Crippen LogP) is 5.17. The van der Waals surface area contributed by atoms with Crippen LogP contribution in [0.3, 0.4) is 0 Å². The molecule has 8 heteroatoms. The van der Waals surface area contributed by atoms with Gasteiger partial charge in [-0.1, -0.05) is 6.07 Å². The molecule has 4 heterocycles. The average molecular weight is 456 g/mol. The van der Waals surface area contributed by atoms with Crippen molar-refractivity contribution in [2.75, 3.05) is 31.1 Å². The molecule has 1 aliphatic heterocycles. The van der Waals surface area contributed by atoms with Gasteiger partial charge in [0.15, 0.2) is 0 Å². The van der Waals surface area contributed by atoms with Gasteiger partial charge in [-0.05, 0) is 67.3 Å². The predicted molar refractivity (Wildman–Crippen MR) is 122 cm³/mol. The van der Waals surface area contributed by atoms with E-state index in [0.717, 1.165) is 63.4 Å². The molecule has 5 rings (SSSR count). The van der Waals surface area contributed by atoms with Crippen molar-refractivity contribution in [3.63, 3.8) is 0 Å². The Balaban J connectivity index is 1.24. The summed E-state index contributed by atoms with van der Waals surface area (Å²) in [5.41, 5.74) is 0.723. The minimum absolute atomic E-state index is 0.337. The summed E-state index contributed by atoms with van der Waals surface area (Å²) >= 11 is 0. The van der Waals surface area contributed by atoms with Crippen LogP contribution in [0.2, 0.25) is 0 Å². The molecule has 5 nitrogen and oxygen atoms in total. The Morgan fingerprint density at radius 3 is 2.36 bits per heavy atom. The molecule has 0 spiro atoms. The van der Waals surface area contributed by atoms with Crippen molar-refractivity contribution in [3.8, 4) is 0 Å². The third-order valence-corrected chi connectivity index (χ3v) is 6.66. The highest BCUT2D eigenvalue weighted by molar-refractivity contribution is 5.89. The molecule has 2 fully saturated rings. The highest BCUT2D eigenvalue weighted by atomic mass is 19.4. The van der Waals surface area contributed by atoms with Crippen LogP contribution in [0.5, 0.6) is 0 Å². The summed E-state index contributed by atoms with van der Waals surface area (Å²) in [6, 6.07) is 8.24. The average Bonchev–Trinajstić information content (AvgIpc) is 3.63. The van der Waals surface area contributed by atoms with E-state index in [9.17, 15) is 13.2 Å². The molecular weight excluding hydrogens is 427 g/mol. The minimum Gasteiger partial charge on any atom is -0.356 e. The Kier molecular flexibility index (Phi) is 6.19. The van der Waals surface area contributed by atoms with Crippen LogP contribution in [0.1, 0.15) is 36.9 Å². The first-order valence-electron chi connectivity index (χ1n) is 11.6. The number of anilines is 1. The number of hydrogen-bond acceptors (Lipinski definition) is 5. The fourth-order valence-corrected chi connectivity index (χ4v) is 4.76. The van der Waals surface area contributed by atoms with E-state index >= 15 is 0 Å². The number of pyridine rings is 3. The molecule has 3 aromatic heterocycles. The van der Waals surface area contributed by atoms with E-state index in [0.29, 0.717) is 16.8 Å². The maximum absolute atomic E-state index is 13.0. The molecule has 174 valence electrons. The quantitative estimate of drug-likeness (QED) is 0.492. The van der Waals surface area contributed by atoms with E-state index in [1.165, 1.54) is 24.5 Å². The van der Waals surface area contributed by atoms with Crippen LogP contribution >= 0.6 is 0 Å². The molecule has 0 aromatic carbocycles. The summed E-state index contributed by atoms with van der Waals surface area (Å²) in [4.78, 5) is 17.4. The Bertz CT molecular complexity index is 1080. The van der Waals surface area contributed by atoms with Crippen LogP contribution in [0, 0.1) is 11.8 Å². The number of hydrogen-bond donors (Lipinski definition) is 0. The molecular formula is C25H28F3N5. The largest absolute Gasteiger partial charge is 0.433 e. The van der Waals surface area contributed by atoms with Crippen molar-refractivity contribution in [2.45, 2.75) is 38.4 Å². The van der Waals surface area contributed by atoms with Crippen molar-refractivity contribution in [2.24, 2.45) is 11.8 Å². The first kappa shape index (κ1) is 22.1. The minimum atomic E-state index is -4.45. The van der Waals surface area contributed by atoms with Gasteiger partial charge in [0.25, 0.3) is 0 Å². The Labute approximate surface area is 191 Å². The Morgan fingerprint density at radius 2 is 1.70 bits per heavy atom. The van der Waals surface area contributed by atoms with Gasteiger partial charge < -0.3 is 4.90 Å². The van der Waals surface area contributed by atoms with Gasteiger partial charge in [-0.25, -0.2) is 9.97 Å². The molecule has 1 saturated heterocycles. The number of halogens is 3. The number of alkyl halides is 3. The summed E-state index contributed by atoms with van der Waals surface area (Å²) < 4.78 is 39.1. The van der Waals surface area contributed by atoms with Crippen LogP contribution < -0.4 is 4.90 Å². The van der Waals surface area contributed by atoms with Crippen LogP contribution in [-0.4, -0.2) is 46.0 Å². The van der Waals surface area contributed by atoms with E-state index in [1.54, 1.807) is 12.3 Å². The van der Waals surface area contributed by atoms with Gasteiger partial charge >= 0.3 is 6.18 Å². The highest BCUT2D eigenvalue weighted by Gasteiger charge is 2.33. The summed E-state index contributed by atoms with van der Waals surface area (Å²) in [5, 5.41) is 0.677. The molecule has 0 amide bonds. The zero-order valence-electron chi connectivity index (χ0n) is 18.5. The Morgan fingerprint density at radius 1 is 0.939 bits per heavy atom. The van der Waals surface area contributed by atoms with Crippen LogP contribution in [0.15, 0.2) is 48.9 Å². The number of rotatable bonds is 7. The van der Waals surface area contributed by atoms with E-state index in [-0.39, 0.29) is 0 Å². The fraction of sp³-hybridized carbons (Fsp3) is 0.480. The molecule has 0 atom stereocenters. The first-order chi connectivity index (χ1) is 16.0.